The van der Waals surface area contributed by atoms with Gasteiger partial charge in [-0.25, -0.2) is 4.57 Å². The quantitative estimate of drug-likeness (QED) is 0.159. The number of esters is 1. The molecule has 0 aromatic carbocycles. The fourth-order valence-electron chi connectivity index (χ4n) is 2.82. The van der Waals surface area contributed by atoms with E-state index in [-0.39, 0.29) is 25.8 Å². The molecule has 0 rings (SSSR count). The number of hydrogen-bond acceptors (Lipinski definition) is 6. The molecule has 0 amide bonds. The molecule has 0 saturated carbocycles. The third-order valence-electron chi connectivity index (χ3n) is 4.43. The Kier molecular flexibility index (Phi) is 18.3. The van der Waals surface area contributed by atoms with E-state index in [1.54, 1.807) is 0 Å². The van der Waals surface area contributed by atoms with Gasteiger partial charge in [-0.3, -0.25) is 13.8 Å². The molecule has 0 aromatic rings. The summed E-state index contributed by atoms with van der Waals surface area (Å²) in [5.41, 5.74) is 0. The summed E-state index contributed by atoms with van der Waals surface area (Å²) in [4.78, 5) is 21.7. The van der Waals surface area contributed by atoms with E-state index < -0.39 is 13.9 Å². The summed E-state index contributed by atoms with van der Waals surface area (Å²) < 4.78 is 26.7. The molecule has 0 aromatic heterocycles. The number of unbranched alkanes of at least 4 members (excludes halogenated alkanes) is 9. The Morgan fingerprint density at radius 2 is 1.46 bits per heavy atom. The number of ether oxygens (including phenoxy) is 1. The summed E-state index contributed by atoms with van der Waals surface area (Å²) in [6.45, 7) is 3.46. The molecule has 28 heavy (non-hydrogen) atoms. The van der Waals surface area contributed by atoms with E-state index in [0.29, 0.717) is 12.8 Å². The molecule has 0 saturated heterocycles. The Bertz CT molecular complexity index is 417. The summed E-state index contributed by atoms with van der Waals surface area (Å²) in [6, 6.07) is 0. The maximum absolute atomic E-state index is 12.1. The summed E-state index contributed by atoms with van der Waals surface area (Å²) in [7, 11) is -4.24. The highest BCUT2D eigenvalue weighted by Crippen LogP contribution is 2.43. The summed E-state index contributed by atoms with van der Waals surface area (Å²) in [5, 5.41) is 8.67. The third-order valence-corrected chi connectivity index (χ3v) is 5.42. The first-order chi connectivity index (χ1) is 13.4. The van der Waals surface area contributed by atoms with Crippen molar-refractivity contribution in [3.05, 3.63) is 0 Å². The average molecular weight is 425 g/mol. The van der Waals surface area contributed by atoms with E-state index in [1.165, 1.54) is 25.7 Å². The van der Waals surface area contributed by atoms with Crippen LogP contribution in [0.1, 0.15) is 97.3 Å². The minimum atomic E-state index is -4.24. The van der Waals surface area contributed by atoms with Crippen LogP contribution in [0.15, 0.2) is 0 Å². The van der Waals surface area contributed by atoms with Gasteiger partial charge in [0.15, 0.2) is 0 Å². The number of hydrogen-bond donors (Lipinski definition) is 2. The van der Waals surface area contributed by atoms with Crippen LogP contribution in [0.5, 0.6) is 0 Å². The number of aliphatic hydroxyl groups is 1. The van der Waals surface area contributed by atoms with Crippen molar-refractivity contribution in [2.75, 3.05) is 19.8 Å². The molecular weight excluding hydrogens is 383 g/mol. The molecule has 8 heteroatoms. The van der Waals surface area contributed by atoms with Crippen molar-refractivity contribution in [1.82, 2.24) is 0 Å². The van der Waals surface area contributed by atoms with E-state index in [0.717, 1.165) is 44.9 Å². The number of phosphoric ester groups is 1. The predicted octanol–water partition coefficient (Wildman–Crippen LogP) is 5.14. The average Bonchev–Trinajstić information content (AvgIpc) is 2.67. The van der Waals surface area contributed by atoms with Crippen molar-refractivity contribution >= 4 is 13.8 Å². The highest BCUT2D eigenvalue weighted by molar-refractivity contribution is 7.47. The molecular formula is C20H41O7P. The molecule has 0 aliphatic carbocycles. The Labute approximate surface area is 170 Å². The number of carbonyl (C=O) groups is 1. The first-order valence-electron chi connectivity index (χ1n) is 10.9. The van der Waals surface area contributed by atoms with E-state index in [9.17, 15) is 14.3 Å². The maximum Gasteiger partial charge on any atom is 0.472 e. The summed E-state index contributed by atoms with van der Waals surface area (Å²) in [5.74, 6) is -0.290. The largest absolute Gasteiger partial charge is 0.472 e. The first-order valence-corrected chi connectivity index (χ1v) is 12.4. The Hall–Kier alpha value is -0.460. The van der Waals surface area contributed by atoms with E-state index >= 15 is 0 Å². The van der Waals surface area contributed by atoms with Crippen LogP contribution in [-0.4, -0.2) is 41.9 Å². The van der Waals surface area contributed by atoms with Gasteiger partial charge in [-0.05, 0) is 19.3 Å². The normalized spacial score (nSPS) is 14.6. The number of aliphatic hydroxyl groups excluding tert-OH is 1. The van der Waals surface area contributed by atoms with Crippen LogP contribution in [0.25, 0.3) is 0 Å². The monoisotopic (exact) mass is 424 g/mol. The zero-order valence-corrected chi connectivity index (χ0v) is 18.7. The van der Waals surface area contributed by atoms with Gasteiger partial charge in [-0.1, -0.05) is 71.6 Å². The smallest absolute Gasteiger partial charge is 0.460 e. The lowest BCUT2D eigenvalue weighted by Gasteiger charge is -2.19. The van der Waals surface area contributed by atoms with Crippen molar-refractivity contribution < 1.29 is 33.1 Å². The van der Waals surface area contributed by atoms with E-state index in [2.05, 4.69) is 18.4 Å². The van der Waals surface area contributed by atoms with Crippen LogP contribution in [0.3, 0.4) is 0 Å². The van der Waals surface area contributed by atoms with Crippen molar-refractivity contribution in [2.45, 2.75) is 103 Å². The second kappa shape index (κ2) is 18.6. The lowest BCUT2D eigenvalue weighted by Crippen LogP contribution is -2.23. The summed E-state index contributed by atoms with van der Waals surface area (Å²) >= 11 is 0. The third kappa shape index (κ3) is 17.6. The van der Waals surface area contributed by atoms with Crippen LogP contribution in [0, 0.1) is 0 Å². The minimum Gasteiger partial charge on any atom is -0.460 e. The van der Waals surface area contributed by atoms with Crippen LogP contribution >= 0.6 is 7.82 Å². The lowest BCUT2D eigenvalue weighted by atomic mass is 10.1. The van der Waals surface area contributed by atoms with Crippen LogP contribution < -0.4 is 0 Å². The van der Waals surface area contributed by atoms with E-state index in [4.69, 9.17) is 14.4 Å². The van der Waals surface area contributed by atoms with Gasteiger partial charge in [-0.15, -0.1) is 0 Å². The molecule has 0 fully saturated rings. The van der Waals surface area contributed by atoms with Crippen LogP contribution in [-0.2, 0) is 23.1 Å². The number of phosphoric acid groups is 1. The predicted molar refractivity (Wildman–Crippen MR) is 110 cm³/mol. The molecule has 2 atom stereocenters. The molecule has 0 bridgehead atoms. The molecule has 0 aliphatic rings. The maximum atomic E-state index is 12.1. The zero-order valence-electron chi connectivity index (χ0n) is 17.8. The molecule has 2 N–H and O–H groups in total. The molecule has 0 heterocycles. The van der Waals surface area contributed by atoms with Gasteiger partial charge in [0.05, 0.1) is 19.8 Å². The molecule has 0 radical (unpaired) electrons. The fourth-order valence-corrected chi connectivity index (χ4v) is 3.56. The molecule has 168 valence electrons. The highest BCUT2D eigenvalue weighted by Gasteiger charge is 2.24. The number of rotatable bonds is 20. The van der Waals surface area contributed by atoms with Crippen molar-refractivity contribution in [2.24, 2.45) is 0 Å². The fraction of sp³-hybridized carbons (Fsp3) is 0.950. The van der Waals surface area contributed by atoms with Gasteiger partial charge < -0.3 is 14.7 Å². The Morgan fingerprint density at radius 3 is 2.07 bits per heavy atom. The molecule has 0 aliphatic heterocycles. The topological polar surface area (TPSA) is 102 Å². The van der Waals surface area contributed by atoms with Crippen LogP contribution in [0.2, 0.25) is 0 Å². The second-order valence-electron chi connectivity index (χ2n) is 7.15. The van der Waals surface area contributed by atoms with Gasteiger partial charge in [0.25, 0.3) is 0 Å². The Morgan fingerprint density at radius 1 is 0.893 bits per heavy atom. The number of carbonyl (C=O) groups excluding carboxylic acids is 1. The molecule has 1 unspecified atom stereocenters. The van der Waals surface area contributed by atoms with Crippen LogP contribution in [0.4, 0.5) is 0 Å². The SMILES string of the molecule is CCCCCCCCCC(=O)O[C@H](CCCCCC)COP(=O)(O)OCCO. The van der Waals surface area contributed by atoms with E-state index in [1.807, 2.05) is 0 Å². The molecule has 7 nitrogen and oxygen atoms in total. The summed E-state index contributed by atoms with van der Waals surface area (Å²) in [6.07, 6.45) is 12.3. The second-order valence-corrected chi connectivity index (χ2v) is 8.61. The molecule has 0 spiro atoms. The zero-order chi connectivity index (χ0) is 21.1. The highest BCUT2D eigenvalue weighted by atomic mass is 31.2. The van der Waals surface area contributed by atoms with Crippen molar-refractivity contribution in [3.8, 4) is 0 Å². The van der Waals surface area contributed by atoms with Gasteiger partial charge in [0.1, 0.15) is 6.10 Å². The van der Waals surface area contributed by atoms with Gasteiger partial charge in [0.2, 0.25) is 0 Å². The van der Waals surface area contributed by atoms with Crippen molar-refractivity contribution in [1.29, 1.82) is 0 Å². The van der Waals surface area contributed by atoms with Crippen molar-refractivity contribution in [3.63, 3.8) is 0 Å². The Balaban J connectivity index is 4.23. The van der Waals surface area contributed by atoms with Gasteiger partial charge in [0, 0.05) is 6.42 Å². The van der Waals surface area contributed by atoms with Gasteiger partial charge in [-0.2, -0.15) is 0 Å². The van der Waals surface area contributed by atoms with Gasteiger partial charge >= 0.3 is 13.8 Å². The minimum absolute atomic E-state index is 0.186. The standard InChI is InChI=1S/C20H41O7P/c1-3-5-7-9-10-11-13-15-20(22)27-19(14-12-8-6-4-2)18-26-28(23,24)25-17-16-21/h19,21H,3-18H2,1-2H3,(H,23,24)/t19-/m1/s1. The first kappa shape index (κ1) is 27.5. The lowest BCUT2D eigenvalue weighted by molar-refractivity contribution is -0.151.